The molecule has 0 radical (unpaired) electrons. The van der Waals surface area contributed by atoms with Crippen LogP contribution in [-0.4, -0.2) is 28.0 Å². The average Bonchev–Trinajstić information content (AvgIpc) is 2.28. The van der Waals surface area contributed by atoms with Crippen LogP contribution in [0.2, 0.25) is 0 Å². The van der Waals surface area contributed by atoms with E-state index in [1.54, 1.807) is 0 Å². The molecule has 0 aliphatic carbocycles. The Hall–Kier alpha value is -1.16. The minimum absolute atomic E-state index is 0.0765. The lowest BCUT2D eigenvalue weighted by molar-refractivity contribution is 0.222. The van der Waals surface area contributed by atoms with Gasteiger partial charge in [0.1, 0.15) is 5.82 Å². The molecule has 2 rings (SSSR count). The van der Waals surface area contributed by atoms with E-state index in [0.29, 0.717) is 5.92 Å². The largest absolute Gasteiger partial charge is 0.310 e. The number of nitrogens with one attached hydrogen (secondary N) is 1. The fourth-order valence-electron chi connectivity index (χ4n) is 2.57. The van der Waals surface area contributed by atoms with Gasteiger partial charge >= 0.3 is 0 Å². The zero-order chi connectivity index (χ0) is 13.1. The first-order valence-electron chi connectivity index (χ1n) is 6.93. The number of rotatable bonds is 4. The molecule has 100 valence electrons. The summed E-state index contributed by atoms with van der Waals surface area (Å²) in [5.74, 6) is 1.50. The van der Waals surface area contributed by atoms with Crippen molar-refractivity contribution in [1.29, 1.82) is 0 Å². The standard InChI is InChI=1S/C14H23N3O/c1-4-5-13-15-12-9-17(8-10(2)3)7-6-11(12)14(18)16-13/h10H,4-9H2,1-3H3,(H,15,16,18). The quantitative estimate of drug-likeness (QED) is 0.884. The summed E-state index contributed by atoms with van der Waals surface area (Å²) in [6.07, 6.45) is 2.70. The van der Waals surface area contributed by atoms with Crippen molar-refractivity contribution in [1.82, 2.24) is 14.9 Å². The van der Waals surface area contributed by atoms with Gasteiger partial charge in [0.25, 0.3) is 5.56 Å². The normalized spacial score (nSPS) is 16.0. The molecule has 0 unspecified atom stereocenters. The van der Waals surface area contributed by atoms with Gasteiger partial charge in [-0.3, -0.25) is 9.69 Å². The van der Waals surface area contributed by atoms with E-state index in [1.165, 1.54) is 0 Å². The molecule has 1 aliphatic heterocycles. The summed E-state index contributed by atoms with van der Waals surface area (Å²) < 4.78 is 0. The van der Waals surface area contributed by atoms with Crippen LogP contribution in [-0.2, 0) is 19.4 Å². The number of fused-ring (bicyclic) bond motifs is 1. The molecule has 0 bridgehead atoms. The second-order valence-corrected chi connectivity index (χ2v) is 5.57. The van der Waals surface area contributed by atoms with Crippen LogP contribution in [0, 0.1) is 5.92 Å². The maximum absolute atomic E-state index is 12.0. The maximum Gasteiger partial charge on any atom is 0.254 e. The number of hydrogen-bond donors (Lipinski definition) is 1. The number of H-pyrrole nitrogens is 1. The highest BCUT2D eigenvalue weighted by Gasteiger charge is 2.21. The van der Waals surface area contributed by atoms with Crippen LogP contribution in [0.3, 0.4) is 0 Å². The van der Waals surface area contributed by atoms with Gasteiger partial charge in [-0.05, 0) is 18.8 Å². The number of hydrogen-bond acceptors (Lipinski definition) is 3. The molecule has 0 amide bonds. The summed E-state index contributed by atoms with van der Waals surface area (Å²) in [7, 11) is 0. The van der Waals surface area contributed by atoms with Crippen molar-refractivity contribution in [3.8, 4) is 0 Å². The highest BCUT2D eigenvalue weighted by Crippen LogP contribution is 2.15. The minimum Gasteiger partial charge on any atom is -0.310 e. The van der Waals surface area contributed by atoms with Gasteiger partial charge < -0.3 is 4.98 Å². The fraction of sp³-hybridized carbons (Fsp3) is 0.714. The first-order chi connectivity index (χ1) is 8.60. The second kappa shape index (κ2) is 5.65. The Balaban J connectivity index is 2.22. The zero-order valence-corrected chi connectivity index (χ0v) is 11.6. The van der Waals surface area contributed by atoms with Crippen LogP contribution in [0.25, 0.3) is 0 Å². The summed E-state index contributed by atoms with van der Waals surface area (Å²) in [6.45, 7) is 9.44. The second-order valence-electron chi connectivity index (χ2n) is 5.57. The van der Waals surface area contributed by atoms with E-state index in [-0.39, 0.29) is 5.56 Å². The molecule has 4 heteroatoms. The Bertz CT molecular complexity index is 465. The Labute approximate surface area is 108 Å². The van der Waals surface area contributed by atoms with Crippen molar-refractivity contribution >= 4 is 0 Å². The molecule has 0 saturated carbocycles. The first kappa shape index (κ1) is 13.3. The van der Waals surface area contributed by atoms with E-state index in [9.17, 15) is 4.79 Å². The van der Waals surface area contributed by atoms with Crippen LogP contribution >= 0.6 is 0 Å². The van der Waals surface area contributed by atoms with Crippen molar-refractivity contribution in [3.05, 3.63) is 27.4 Å². The molecule has 1 N–H and O–H groups in total. The average molecular weight is 249 g/mol. The zero-order valence-electron chi connectivity index (χ0n) is 11.6. The predicted molar refractivity (Wildman–Crippen MR) is 72.7 cm³/mol. The van der Waals surface area contributed by atoms with E-state index in [2.05, 4.69) is 35.6 Å². The van der Waals surface area contributed by atoms with Gasteiger partial charge in [-0.25, -0.2) is 4.98 Å². The van der Waals surface area contributed by atoms with E-state index < -0.39 is 0 Å². The lowest BCUT2D eigenvalue weighted by atomic mass is 10.0. The van der Waals surface area contributed by atoms with Crippen molar-refractivity contribution < 1.29 is 0 Å². The smallest absolute Gasteiger partial charge is 0.254 e. The third-order valence-corrected chi connectivity index (χ3v) is 3.31. The third-order valence-electron chi connectivity index (χ3n) is 3.31. The summed E-state index contributed by atoms with van der Waals surface area (Å²) in [4.78, 5) is 21.9. The van der Waals surface area contributed by atoms with Crippen LogP contribution in [0.1, 0.15) is 44.3 Å². The molecule has 0 atom stereocenters. The van der Waals surface area contributed by atoms with Crippen LogP contribution in [0.5, 0.6) is 0 Å². The van der Waals surface area contributed by atoms with Crippen LogP contribution in [0.15, 0.2) is 4.79 Å². The van der Waals surface area contributed by atoms with Gasteiger partial charge in [-0.1, -0.05) is 20.8 Å². The number of nitrogens with zero attached hydrogens (tertiary/aromatic N) is 2. The third kappa shape index (κ3) is 2.99. The lowest BCUT2D eigenvalue weighted by Crippen LogP contribution is -2.37. The molecule has 0 spiro atoms. The predicted octanol–water partition coefficient (Wildman–Crippen LogP) is 1.74. The SMILES string of the molecule is CCCc1nc2c(c(=O)[nH]1)CCN(CC(C)C)C2. The number of aromatic nitrogens is 2. The van der Waals surface area contributed by atoms with E-state index >= 15 is 0 Å². The van der Waals surface area contributed by atoms with Crippen molar-refractivity contribution in [2.24, 2.45) is 5.92 Å². The molecular formula is C14H23N3O. The molecule has 0 saturated heterocycles. The Morgan fingerprint density at radius 1 is 1.44 bits per heavy atom. The number of aryl methyl sites for hydroxylation is 1. The fourth-order valence-corrected chi connectivity index (χ4v) is 2.57. The van der Waals surface area contributed by atoms with Gasteiger partial charge in [-0.15, -0.1) is 0 Å². The lowest BCUT2D eigenvalue weighted by Gasteiger charge is -2.28. The molecule has 18 heavy (non-hydrogen) atoms. The molecule has 1 aliphatic rings. The maximum atomic E-state index is 12.0. The van der Waals surface area contributed by atoms with Crippen molar-refractivity contribution in [2.75, 3.05) is 13.1 Å². The molecule has 4 nitrogen and oxygen atoms in total. The molecule has 1 aromatic rings. The van der Waals surface area contributed by atoms with E-state index in [1.807, 2.05) is 0 Å². The van der Waals surface area contributed by atoms with Gasteiger partial charge in [0.2, 0.25) is 0 Å². The Morgan fingerprint density at radius 2 is 2.22 bits per heavy atom. The van der Waals surface area contributed by atoms with Crippen molar-refractivity contribution in [3.63, 3.8) is 0 Å². The first-order valence-corrected chi connectivity index (χ1v) is 6.93. The van der Waals surface area contributed by atoms with Gasteiger partial charge in [0.05, 0.1) is 5.69 Å². The van der Waals surface area contributed by atoms with Crippen molar-refractivity contribution in [2.45, 2.75) is 46.6 Å². The number of aromatic amines is 1. The molecule has 2 heterocycles. The molecular weight excluding hydrogens is 226 g/mol. The molecule has 0 aromatic carbocycles. The Kier molecular flexibility index (Phi) is 4.17. The Morgan fingerprint density at radius 3 is 2.89 bits per heavy atom. The molecule has 1 aromatic heterocycles. The van der Waals surface area contributed by atoms with Crippen LogP contribution in [0.4, 0.5) is 0 Å². The summed E-state index contributed by atoms with van der Waals surface area (Å²) in [6, 6.07) is 0. The van der Waals surface area contributed by atoms with Gasteiger partial charge in [-0.2, -0.15) is 0 Å². The summed E-state index contributed by atoms with van der Waals surface area (Å²) in [5, 5.41) is 0. The van der Waals surface area contributed by atoms with Gasteiger partial charge in [0.15, 0.2) is 0 Å². The summed E-state index contributed by atoms with van der Waals surface area (Å²) >= 11 is 0. The topological polar surface area (TPSA) is 49.0 Å². The molecule has 0 fully saturated rings. The van der Waals surface area contributed by atoms with E-state index in [4.69, 9.17) is 0 Å². The van der Waals surface area contributed by atoms with Crippen LogP contribution < -0.4 is 5.56 Å². The minimum atomic E-state index is 0.0765. The monoisotopic (exact) mass is 249 g/mol. The highest BCUT2D eigenvalue weighted by atomic mass is 16.1. The highest BCUT2D eigenvalue weighted by molar-refractivity contribution is 5.21. The van der Waals surface area contributed by atoms with E-state index in [0.717, 1.165) is 56.0 Å². The summed E-state index contributed by atoms with van der Waals surface area (Å²) in [5.41, 5.74) is 1.97. The van der Waals surface area contributed by atoms with Gasteiger partial charge in [0, 0.05) is 31.6 Å².